The Labute approximate surface area is 161 Å². The van der Waals surface area contributed by atoms with Gasteiger partial charge in [0.2, 0.25) is 0 Å². The third kappa shape index (κ3) is 3.48. The molecular formula is C19H16Cl2N4O. The minimum atomic E-state index is 0.327. The third-order valence-electron chi connectivity index (χ3n) is 4.10. The van der Waals surface area contributed by atoms with Crippen molar-refractivity contribution in [3.05, 3.63) is 69.0 Å². The van der Waals surface area contributed by atoms with Crippen LogP contribution in [0.5, 0.6) is 5.75 Å². The molecule has 0 unspecified atom stereocenters. The summed E-state index contributed by atoms with van der Waals surface area (Å²) in [6.45, 7) is 4.20. The van der Waals surface area contributed by atoms with Crippen molar-refractivity contribution >= 4 is 28.9 Å². The van der Waals surface area contributed by atoms with E-state index in [9.17, 15) is 0 Å². The zero-order valence-corrected chi connectivity index (χ0v) is 15.8. The monoisotopic (exact) mass is 386 g/mol. The Morgan fingerprint density at radius 1 is 1.19 bits per heavy atom. The average Bonchev–Trinajstić information content (AvgIpc) is 2.88. The lowest BCUT2D eigenvalue weighted by Gasteiger charge is -2.10. The van der Waals surface area contributed by atoms with Crippen molar-refractivity contribution in [2.75, 3.05) is 5.73 Å². The van der Waals surface area contributed by atoms with Crippen LogP contribution in [-0.4, -0.2) is 9.78 Å². The van der Waals surface area contributed by atoms with Gasteiger partial charge in [0.05, 0.1) is 27.7 Å². The van der Waals surface area contributed by atoms with Crippen LogP contribution in [0, 0.1) is 25.2 Å². The fraction of sp³-hybridized carbons (Fsp3) is 0.158. The molecule has 0 aliphatic heterocycles. The van der Waals surface area contributed by atoms with Crippen LogP contribution in [0.4, 0.5) is 5.69 Å². The molecule has 0 bridgehead atoms. The van der Waals surface area contributed by atoms with Crippen molar-refractivity contribution in [3.8, 4) is 17.5 Å². The maximum absolute atomic E-state index is 9.01. The van der Waals surface area contributed by atoms with E-state index in [2.05, 4.69) is 5.10 Å². The molecule has 0 spiro atoms. The molecular weight excluding hydrogens is 371 g/mol. The van der Waals surface area contributed by atoms with Crippen molar-refractivity contribution in [3.63, 3.8) is 0 Å². The van der Waals surface area contributed by atoms with Gasteiger partial charge in [0.1, 0.15) is 18.4 Å². The highest BCUT2D eigenvalue weighted by atomic mass is 35.5. The van der Waals surface area contributed by atoms with Gasteiger partial charge in [-0.3, -0.25) is 0 Å². The summed E-state index contributed by atoms with van der Waals surface area (Å²) in [4.78, 5) is 0. The van der Waals surface area contributed by atoms with E-state index in [0.29, 0.717) is 33.7 Å². The number of hydrogen-bond acceptors (Lipinski definition) is 4. The topological polar surface area (TPSA) is 76.9 Å². The lowest BCUT2D eigenvalue weighted by molar-refractivity contribution is 0.306. The maximum atomic E-state index is 9.01. The van der Waals surface area contributed by atoms with Crippen LogP contribution >= 0.6 is 23.2 Å². The van der Waals surface area contributed by atoms with Crippen LogP contribution in [0.3, 0.4) is 0 Å². The van der Waals surface area contributed by atoms with Gasteiger partial charge in [0.15, 0.2) is 0 Å². The molecule has 0 saturated carbocycles. The number of benzene rings is 2. The maximum Gasteiger partial charge on any atom is 0.142 e. The standard InChI is InChI=1S/C19H16Cl2N4O/c1-11-16(10-26-19-6-4-14(20)7-18(19)23)12(2)25(24-11)15-5-3-13(9-22)17(21)8-15/h3-8H,10,23H2,1-2H3. The highest BCUT2D eigenvalue weighted by Gasteiger charge is 2.15. The Bertz CT molecular complexity index is 1020. The van der Waals surface area contributed by atoms with Gasteiger partial charge in [0, 0.05) is 16.3 Å². The van der Waals surface area contributed by atoms with Gasteiger partial charge >= 0.3 is 0 Å². The quantitative estimate of drug-likeness (QED) is 0.651. The van der Waals surface area contributed by atoms with Gasteiger partial charge in [-0.2, -0.15) is 10.4 Å². The van der Waals surface area contributed by atoms with E-state index in [1.165, 1.54) is 0 Å². The summed E-state index contributed by atoms with van der Waals surface area (Å²) < 4.78 is 7.63. The van der Waals surface area contributed by atoms with E-state index >= 15 is 0 Å². The summed E-state index contributed by atoms with van der Waals surface area (Å²) in [5.74, 6) is 0.572. The molecule has 0 aliphatic rings. The van der Waals surface area contributed by atoms with Crippen molar-refractivity contribution in [1.82, 2.24) is 9.78 Å². The first-order valence-electron chi connectivity index (χ1n) is 7.83. The lowest BCUT2D eigenvalue weighted by atomic mass is 10.2. The lowest BCUT2D eigenvalue weighted by Crippen LogP contribution is -2.02. The van der Waals surface area contributed by atoms with E-state index in [0.717, 1.165) is 22.6 Å². The number of aryl methyl sites for hydroxylation is 1. The third-order valence-corrected chi connectivity index (χ3v) is 4.65. The number of nitriles is 1. The molecule has 0 fully saturated rings. The number of halogens is 2. The van der Waals surface area contributed by atoms with E-state index in [1.807, 2.05) is 26.0 Å². The van der Waals surface area contributed by atoms with Crippen molar-refractivity contribution in [2.24, 2.45) is 0 Å². The Morgan fingerprint density at radius 3 is 2.62 bits per heavy atom. The summed E-state index contributed by atoms with van der Waals surface area (Å²) in [5, 5.41) is 14.5. The van der Waals surface area contributed by atoms with E-state index in [-0.39, 0.29) is 0 Å². The summed E-state index contributed by atoms with van der Waals surface area (Å²) in [7, 11) is 0. The number of rotatable bonds is 4. The molecule has 0 atom stereocenters. The second kappa shape index (κ2) is 7.28. The minimum absolute atomic E-state index is 0.327. The summed E-state index contributed by atoms with van der Waals surface area (Å²) >= 11 is 12.0. The number of hydrogen-bond donors (Lipinski definition) is 1. The van der Waals surface area contributed by atoms with Crippen LogP contribution in [0.15, 0.2) is 36.4 Å². The van der Waals surface area contributed by atoms with Crippen LogP contribution in [-0.2, 0) is 6.61 Å². The molecule has 3 aromatic rings. The van der Waals surface area contributed by atoms with Gasteiger partial charge in [-0.05, 0) is 50.2 Å². The Hall–Kier alpha value is -2.68. The van der Waals surface area contributed by atoms with Crippen molar-refractivity contribution < 1.29 is 4.74 Å². The first-order valence-corrected chi connectivity index (χ1v) is 8.59. The largest absolute Gasteiger partial charge is 0.487 e. The van der Waals surface area contributed by atoms with Gasteiger partial charge < -0.3 is 10.5 Å². The molecule has 26 heavy (non-hydrogen) atoms. The number of nitrogen functional groups attached to an aromatic ring is 1. The SMILES string of the molecule is Cc1nn(-c2ccc(C#N)c(Cl)c2)c(C)c1COc1ccc(Cl)cc1N. The fourth-order valence-corrected chi connectivity index (χ4v) is 3.06. The van der Waals surface area contributed by atoms with Gasteiger partial charge in [-0.1, -0.05) is 23.2 Å². The van der Waals surface area contributed by atoms with E-state index in [1.54, 1.807) is 35.0 Å². The molecule has 1 aromatic heterocycles. The smallest absolute Gasteiger partial charge is 0.142 e. The second-order valence-corrected chi connectivity index (χ2v) is 6.65. The number of aromatic nitrogens is 2. The average molecular weight is 387 g/mol. The first-order chi connectivity index (χ1) is 12.4. The fourth-order valence-electron chi connectivity index (χ4n) is 2.66. The van der Waals surface area contributed by atoms with Gasteiger partial charge in [-0.15, -0.1) is 0 Å². The van der Waals surface area contributed by atoms with Crippen LogP contribution in [0.1, 0.15) is 22.5 Å². The van der Waals surface area contributed by atoms with Gasteiger partial charge in [0.25, 0.3) is 0 Å². The summed E-state index contributed by atoms with van der Waals surface area (Å²) in [6.07, 6.45) is 0. The molecule has 0 radical (unpaired) electrons. The number of ether oxygens (including phenoxy) is 1. The molecule has 0 aliphatic carbocycles. The summed E-state index contributed by atoms with van der Waals surface area (Å²) in [5.41, 5.74) is 10.4. The van der Waals surface area contributed by atoms with E-state index < -0.39 is 0 Å². The number of nitrogens with two attached hydrogens (primary N) is 1. The highest BCUT2D eigenvalue weighted by Crippen LogP contribution is 2.27. The Morgan fingerprint density at radius 2 is 1.96 bits per heavy atom. The van der Waals surface area contributed by atoms with Crippen molar-refractivity contribution in [2.45, 2.75) is 20.5 Å². The van der Waals surface area contributed by atoms with Crippen LogP contribution < -0.4 is 10.5 Å². The minimum Gasteiger partial charge on any atom is -0.487 e. The second-order valence-electron chi connectivity index (χ2n) is 5.81. The zero-order valence-electron chi connectivity index (χ0n) is 14.3. The predicted molar refractivity (Wildman–Crippen MR) is 103 cm³/mol. The van der Waals surface area contributed by atoms with Crippen molar-refractivity contribution in [1.29, 1.82) is 5.26 Å². The Balaban J connectivity index is 1.88. The molecule has 0 amide bonds. The molecule has 0 saturated heterocycles. The van der Waals surface area contributed by atoms with Gasteiger partial charge in [-0.25, -0.2) is 4.68 Å². The number of nitrogens with zero attached hydrogens (tertiary/aromatic N) is 3. The molecule has 5 nitrogen and oxygen atoms in total. The molecule has 2 N–H and O–H groups in total. The molecule has 3 rings (SSSR count). The highest BCUT2D eigenvalue weighted by molar-refractivity contribution is 6.32. The summed E-state index contributed by atoms with van der Waals surface area (Å²) in [6, 6.07) is 12.4. The molecule has 132 valence electrons. The molecule has 7 heteroatoms. The van der Waals surface area contributed by atoms with E-state index in [4.69, 9.17) is 38.9 Å². The van der Waals surface area contributed by atoms with Crippen LogP contribution in [0.25, 0.3) is 5.69 Å². The normalized spacial score (nSPS) is 10.6. The molecule has 2 aromatic carbocycles. The first kappa shape index (κ1) is 18.1. The predicted octanol–water partition coefficient (Wildman–Crippen LogP) is 4.83. The zero-order chi connectivity index (χ0) is 18.8. The molecule has 1 heterocycles. The Kier molecular flexibility index (Phi) is 5.08. The number of anilines is 1. The van der Waals surface area contributed by atoms with Crippen LogP contribution in [0.2, 0.25) is 10.0 Å².